The van der Waals surface area contributed by atoms with Crippen LogP contribution in [0.15, 0.2) is 42.5 Å². The van der Waals surface area contributed by atoms with E-state index in [0.717, 1.165) is 31.6 Å². The van der Waals surface area contributed by atoms with Crippen LogP contribution in [0.2, 0.25) is 0 Å². The SMILES string of the molecule is COC(=O)c1cccc(C(=O)Nc2ccc(N3CCC(O)CC3)cc2)n1. The summed E-state index contributed by atoms with van der Waals surface area (Å²) in [4.78, 5) is 30.1. The monoisotopic (exact) mass is 355 g/mol. The zero-order valence-corrected chi connectivity index (χ0v) is 14.5. The maximum absolute atomic E-state index is 12.3. The molecule has 0 unspecified atom stereocenters. The molecule has 0 atom stereocenters. The Bertz CT molecular complexity index is 784. The van der Waals surface area contributed by atoms with Gasteiger partial charge in [-0.05, 0) is 49.2 Å². The molecule has 2 aromatic rings. The topological polar surface area (TPSA) is 91.8 Å². The summed E-state index contributed by atoms with van der Waals surface area (Å²) in [7, 11) is 1.27. The molecule has 3 rings (SSSR count). The van der Waals surface area contributed by atoms with Crippen LogP contribution >= 0.6 is 0 Å². The number of carbonyl (C=O) groups is 2. The Morgan fingerprint density at radius 3 is 2.42 bits per heavy atom. The lowest BCUT2D eigenvalue weighted by atomic mass is 10.1. The summed E-state index contributed by atoms with van der Waals surface area (Å²) in [6.07, 6.45) is 1.32. The first kappa shape index (κ1) is 17.9. The molecule has 7 heteroatoms. The van der Waals surface area contributed by atoms with Gasteiger partial charge in [-0.15, -0.1) is 0 Å². The van der Waals surface area contributed by atoms with Crippen LogP contribution in [0.3, 0.4) is 0 Å². The van der Waals surface area contributed by atoms with E-state index in [1.54, 1.807) is 6.07 Å². The van der Waals surface area contributed by atoms with Crippen LogP contribution in [0.1, 0.15) is 33.8 Å². The zero-order chi connectivity index (χ0) is 18.5. The molecule has 136 valence electrons. The van der Waals surface area contributed by atoms with Crippen molar-refractivity contribution < 1.29 is 19.4 Å². The number of nitrogens with zero attached hydrogens (tertiary/aromatic N) is 2. The fourth-order valence-corrected chi connectivity index (χ4v) is 2.85. The maximum Gasteiger partial charge on any atom is 0.356 e. The number of hydrogen-bond acceptors (Lipinski definition) is 6. The highest BCUT2D eigenvalue weighted by molar-refractivity contribution is 6.03. The fraction of sp³-hybridized carbons (Fsp3) is 0.316. The summed E-state index contributed by atoms with van der Waals surface area (Å²) in [6.45, 7) is 1.63. The summed E-state index contributed by atoms with van der Waals surface area (Å²) in [5.74, 6) is -0.986. The number of aromatic nitrogens is 1. The number of esters is 1. The standard InChI is InChI=1S/C19H21N3O4/c1-26-19(25)17-4-2-3-16(21-17)18(24)20-13-5-7-14(8-6-13)22-11-9-15(23)10-12-22/h2-8,15,23H,9-12H2,1H3,(H,20,24). The molecule has 1 aromatic carbocycles. The van der Waals surface area contributed by atoms with Crippen LogP contribution in [0.4, 0.5) is 11.4 Å². The molecular weight excluding hydrogens is 334 g/mol. The first-order valence-corrected chi connectivity index (χ1v) is 8.46. The largest absolute Gasteiger partial charge is 0.464 e. The Kier molecular flexibility index (Phi) is 5.48. The number of piperidine rings is 1. The number of rotatable bonds is 4. The van der Waals surface area contributed by atoms with E-state index in [1.807, 2.05) is 24.3 Å². The Balaban J connectivity index is 1.65. The third kappa shape index (κ3) is 4.18. The molecule has 1 amide bonds. The van der Waals surface area contributed by atoms with Crippen LogP contribution in [0, 0.1) is 0 Å². The van der Waals surface area contributed by atoms with Gasteiger partial charge in [0, 0.05) is 24.5 Å². The Labute approximate surface area is 151 Å². The smallest absolute Gasteiger partial charge is 0.356 e. The van der Waals surface area contributed by atoms with Crippen molar-refractivity contribution in [3.8, 4) is 0 Å². The number of methoxy groups -OCH3 is 1. The average molecular weight is 355 g/mol. The van der Waals surface area contributed by atoms with E-state index < -0.39 is 11.9 Å². The summed E-state index contributed by atoms with van der Waals surface area (Å²) >= 11 is 0. The minimum absolute atomic E-state index is 0.0859. The second kappa shape index (κ2) is 7.97. The summed E-state index contributed by atoms with van der Waals surface area (Å²) < 4.78 is 4.61. The lowest BCUT2D eigenvalue weighted by Crippen LogP contribution is -2.35. The molecule has 1 aliphatic heterocycles. The molecule has 2 N–H and O–H groups in total. The number of ether oxygens (including phenoxy) is 1. The second-order valence-electron chi connectivity index (χ2n) is 6.12. The van der Waals surface area contributed by atoms with Gasteiger partial charge in [-0.2, -0.15) is 0 Å². The molecule has 2 heterocycles. The number of aliphatic hydroxyl groups is 1. The van der Waals surface area contributed by atoms with Crippen LogP contribution in [0.5, 0.6) is 0 Å². The number of pyridine rings is 1. The van der Waals surface area contributed by atoms with Crippen molar-refractivity contribution in [3.63, 3.8) is 0 Å². The lowest BCUT2D eigenvalue weighted by molar-refractivity contribution is 0.0594. The van der Waals surface area contributed by atoms with Gasteiger partial charge in [0.1, 0.15) is 11.4 Å². The number of aliphatic hydroxyl groups excluding tert-OH is 1. The third-order valence-electron chi connectivity index (χ3n) is 4.33. The fourth-order valence-electron chi connectivity index (χ4n) is 2.85. The Morgan fingerprint density at radius 1 is 1.12 bits per heavy atom. The van der Waals surface area contributed by atoms with E-state index in [0.29, 0.717) is 5.69 Å². The normalized spacial score (nSPS) is 14.8. The van der Waals surface area contributed by atoms with Gasteiger partial charge in [0.15, 0.2) is 0 Å². The van der Waals surface area contributed by atoms with Gasteiger partial charge in [0.25, 0.3) is 5.91 Å². The number of anilines is 2. The summed E-state index contributed by atoms with van der Waals surface area (Å²) in [5.41, 5.74) is 1.92. The van der Waals surface area contributed by atoms with Gasteiger partial charge in [-0.3, -0.25) is 4.79 Å². The molecule has 0 saturated carbocycles. The molecular formula is C19H21N3O4. The van der Waals surface area contributed by atoms with Crippen LogP contribution in [0.25, 0.3) is 0 Å². The van der Waals surface area contributed by atoms with Crippen molar-refractivity contribution >= 4 is 23.3 Å². The quantitative estimate of drug-likeness (QED) is 0.816. The second-order valence-corrected chi connectivity index (χ2v) is 6.12. The number of benzene rings is 1. The molecule has 0 radical (unpaired) electrons. The molecule has 1 aromatic heterocycles. The van der Waals surface area contributed by atoms with Crippen molar-refractivity contribution in [2.75, 3.05) is 30.4 Å². The predicted molar refractivity (Wildman–Crippen MR) is 97.4 cm³/mol. The summed E-state index contributed by atoms with van der Waals surface area (Å²) in [6, 6.07) is 12.1. The number of amides is 1. The van der Waals surface area contributed by atoms with Gasteiger partial charge >= 0.3 is 5.97 Å². The molecule has 1 fully saturated rings. The van der Waals surface area contributed by atoms with E-state index in [4.69, 9.17) is 0 Å². The molecule has 1 saturated heterocycles. The van der Waals surface area contributed by atoms with E-state index in [2.05, 4.69) is 19.9 Å². The van der Waals surface area contributed by atoms with E-state index in [1.165, 1.54) is 19.2 Å². The van der Waals surface area contributed by atoms with Crippen LogP contribution in [-0.4, -0.2) is 48.3 Å². The molecule has 7 nitrogen and oxygen atoms in total. The average Bonchev–Trinajstić information content (AvgIpc) is 2.68. The first-order chi connectivity index (χ1) is 12.6. The minimum atomic E-state index is -0.587. The van der Waals surface area contributed by atoms with Crippen molar-refractivity contribution in [2.45, 2.75) is 18.9 Å². The molecule has 0 aliphatic carbocycles. The highest BCUT2D eigenvalue weighted by atomic mass is 16.5. The third-order valence-corrected chi connectivity index (χ3v) is 4.33. The van der Waals surface area contributed by atoms with Gasteiger partial charge in [-0.25, -0.2) is 9.78 Å². The van der Waals surface area contributed by atoms with E-state index in [9.17, 15) is 14.7 Å². The van der Waals surface area contributed by atoms with E-state index in [-0.39, 0.29) is 17.5 Å². The van der Waals surface area contributed by atoms with Crippen molar-refractivity contribution in [3.05, 3.63) is 53.9 Å². The molecule has 26 heavy (non-hydrogen) atoms. The number of carbonyl (C=O) groups excluding carboxylic acids is 2. The molecule has 0 bridgehead atoms. The van der Waals surface area contributed by atoms with Crippen LogP contribution < -0.4 is 10.2 Å². The molecule has 1 aliphatic rings. The van der Waals surface area contributed by atoms with Crippen molar-refractivity contribution in [1.29, 1.82) is 0 Å². The maximum atomic E-state index is 12.3. The van der Waals surface area contributed by atoms with Crippen molar-refractivity contribution in [2.24, 2.45) is 0 Å². The number of nitrogens with one attached hydrogen (secondary N) is 1. The Morgan fingerprint density at radius 2 is 1.77 bits per heavy atom. The predicted octanol–water partition coefficient (Wildman–Crippen LogP) is 2.08. The highest BCUT2D eigenvalue weighted by Crippen LogP contribution is 2.22. The lowest BCUT2D eigenvalue weighted by Gasteiger charge is -2.31. The van der Waals surface area contributed by atoms with Gasteiger partial charge in [-0.1, -0.05) is 6.07 Å². The first-order valence-electron chi connectivity index (χ1n) is 8.46. The minimum Gasteiger partial charge on any atom is -0.464 e. The zero-order valence-electron chi connectivity index (χ0n) is 14.5. The van der Waals surface area contributed by atoms with Gasteiger partial charge in [0.05, 0.1) is 13.2 Å². The molecule has 0 spiro atoms. The summed E-state index contributed by atoms with van der Waals surface area (Å²) in [5, 5.41) is 12.4. The number of hydrogen-bond donors (Lipinski definition) is 2. The van der Waals surface area contributed by atoms with Crippen molar-refractivity contribution in [1.82, 2.24) is 4.98 Å². The van der Waals surface area contributed by atoms with E-state index >= 15 is 0 Å². The van der Waals surface area contributed by atoms with Crippen LogP contribution in [-0.2, 0) is 4.74 Å². The Hall–Kier alpha value is -2.93. The van der Waals surface area contributed by atoms with Gasteiger partial charge in [0.2, 0.25) is 0 Å². The van der Waals surface area contributed by atoms with Gasteiger partial charge < -0.3 is 20.1 Å². The highest BCUT2D eigenvalue weighted by Gasteiger charge is 2.17.